The Morgan fingerprint density at radius 1 is 1.23 bits per heavy atom. The third kappa shape index (κ3) is 3.49. The van der Waals surface area contributed by atoms with Crippen LogP contribution in [0.25, 0.3) is 5.69 Å². The number of aromatic nitrogens is 1. The van der Waals surface area contributed by atoms with Gasteiger partial charge in [-0.25, -0.2) is 8.42 Å². The van der Waals surface area contributed by atoms with Crippen LogP contribution in [0.1, 0.15) is 34.6 Å². The Balaban J connectivity index is 1.84. The largest absolute Gasteiger partial charge is 0.495 e. The molecule has 3 rings (SSSR count). The molecule has 0 saturated carbocycles. The zero-order valence-corrected chi connectivity index (χ0v) is 16.1. The molecular formula is C19H24N2O4S. The summed E-state index contributed by atoms with van der Waals surface area (Å²) in [5.41, 5.74) is 3.34. The monoisotopic (exact) mass is 376 g/mol. The van der Waals surface area contributed by atoms with Gasteiger partial charge in [0.1, 0.15) is 5.75 Å². The fourth-order valence-electron chi connectivity index (χ4n) is 3.45. The fraction of sp³-hybridized carbons (Fsp3) is 0.421. The first-order chi connectivity index (χ1) is 12.3. The number of methoxy groups -OCH3 is 1. The molecule has 1 saturated heterocycles. The summed E-state index contributed by atoms with van der Waals surface area (Å²) in [7, 11) is -1.47. The number of hydrogen-bond donors (Lipinski definition) is 1. The third-order valence-electron chi connectivity index (χ3n) is 4.91. The van der Waals surface area contributed by atoms with Crippen molar-refractivity contribution >= 4 is 15.7 Å². The van der Waals surface area contributed by atoms with Gasteiger partial charge in [0.15, 0.2) is 9.84 Å². The van der Waals surface area contributed by atoms with Gasteiger partial charge < -0.3 is 14.6 Å². The molecule has 6 nitrogen and oxygen atoms in total. The lowest BCUT2D eigenvalue weighted by Gasteiger charge is -2.16. The topological polar surface area (TPSA) is 77.4 Å². The van der Waals surface area contributed by atoms with Crippen molar-refractivity contribution in [2.24, 2.45) is 0 Å². The van der Waals surface area contributed by atoms with Gasteiger partial charge in [-0.1, -0.05) is 0 Å². The van der Waals surface area contributed by atoms with E-state index in [1.54, 1.807) is 25.3 Å². The van der Waals surface area contributed by atoms with E-state index in [1.165, 1.54) is 0 Å². The van der Waals surface area contributed by atoms with E-state index in [1.807, 2.05) is 30.5 Å². The van der Waals surface area contributed by atoms with Crippen LogP contribution in [-0.4, -0.2) is 43.5 Å². The number of nitrogens with one attached hydrogen (secondary N) is 1. The molecule has 1 aliphatic rings. The van der Waals surface area contributed by atoms with Crippen molar-refractivity contribution in [3.05, 3.63) is 47.3 Å². The minimum absolute atomic E-state index is 0.157. The molecule has 1 aromatic carbocycles. The molecule has 2 heterocycles. The molecule has 1 amide bonds. The molecule has 1 fully saturated rings. The van der Waals surface area contributed by atoms with Gasteiger partial charge in [-0.2, -0.15) is 0 Å². The SMILES string of the molecule is COc1ccc(C(=O)NC[C@H]2CCCS2(=O)=O)cc1-n1c(C)ccc1C. The summed E-state index contributed by atoms with van der Waals surface area (Å²) in [6.07, 6.45) is 1.28. The van der Waals surface area contributed by atoms with Crippen LogP contribution in [0.2, 0.25) is 0 Å². The molecule has 1 aromatic heterocycles. The average molecular weight is 376 g/mol. The summed E-state index contributed by atoms with van der Waals surface area (Å²) in [5.74, 6) is 0.604. The third-order valence-corrected chi connectivity index (χ3v) is 7.18. The smallest absolute Gasteiger partial charge is 0.251 e. The number of aryl methyl sites for hydroxylation is 2. The highest BCUT2D eigenvalue weighted by molar-refractivity contribution is 7.92. The van der Waals surface area contributed by atoms with Crippen LogP contribution in [0.5, 0.6) is 5.75 Å². The van der Waals surface area contributed by atoms with Crippen LogP contribution in [0.4, 0.5) is 0 Å². The van der Waals surface area contributed by atoms with Crippen molar-refractivity contribution in [1.29, 1.82) is 0 Å². The van der Waals surface area contributed by atoms with Crippen molar-refractivity contribution in [3.8, 4) is 11.4 Å². The quantitative estimate of drug-likeness (QED) is 0.869. The summed E-state index contributed by atoms with van der Waals surface area (Å²) in [5, 5.41) is 2.29. The number of sulfone groups is 1. The van der Waals surface area contributed by atoms with E-state index >= 15 is 0 Å². The molecule has 0 unspecified atom stereocenters. The van der Waals surface area contributed by atoms with Crippen molar-refractivity contribution in [1.82, 2.24) is 9.88 Å². The van der Waals surface area contributed by atoms with Gasteiger partial charge in [0.2, 0.25) is 0 Å². The van der Waals surface area contributed by atoms with E-state index in [4.69, 9.17) is 4.74 Å². The molecule has 0 bridgehead atoms. The first kappa shape index (κ1) is 18.5. The molecule has 1 aliphatic heterocycles. The predicted octanol–water partition coefficient (Wildman–Crippen LogP) is 2.41. The van der Waals surface area contributed by atoms with Crippen LogP contribution in [0.3, 0.4) is 0 Å². The van der Waals surface area contributed by atoms with Crippen molar-refractivity contribution in [2.75, 3.05) is 19.4 Å². The molecule has 0 aliphatic carbocycles. The van der Waals surface area contributed by atoms with Gasteiger partial charge in [0.05, 0.1) is 23.8 Å². The standard InChI is InChI=1S/C19H24N2O4S/c1-13-6-7-14(2)21(13)17-11-15(8-9-18(17)25-3)19(22)20-12-16-5-4-10-26(16,23)24/h6-9,11,16H,4-5,10,12H2,1-3H3,(H,20,22)/t16-/m1/s1. The van der Waals surface area contributed by atoms with Gasteiger partial charge in [-0.15, -0.1) is 0 Å². The first-order valence-corrected chi connectivity index (χ1v) is 10.4. The van der Waals surface area contributed by atoms with Gasteiger partial charge in [-0.3, -0.25) is 4.79 Å². The maximum Gasteiger partial charge on any atom is 0.251 e. The van der Waals surface area contributed by atoms with Crippen molar-refractivity contribution in [2.45, 2.75) is 31.9 Å². The zero-order valence-electron chi connectivity index (χ0n) is 15.3. The van der Waals surface area contributed by atoms with Gasteiger partial charge in [-0.05, 0) is 57.0 Å². The minimum atomic E-state index is -3.07. The normalized spacial score (nSPS) is 18.7. The lowest BCUT2D eigenvalue weighted by Crippen LogP contribution is -2.34. The van der Waals surface area contributed by atoms with E-state index in [9.17, 15) is 13.2 Å². The Kier molecular flexibility index (Phi) is 5.09. The van der Waals surface area contributed by atoms with Crippen LogP contribution in [-0.2, 0) is 9.84 Å². The van der Waals surface area contributed by atoms with Crippen LogP contribution < -0.4 is 10.1 Å². The Bertz CT molecular complexity index is 912. The van der Waals surface area contributed by atoms with Gasteiger partial charge in [0.25, 0.3) is 5.91 Å². The Hall–Kier alpha value is -2.28. The molecule has 2 aromatic rings. The van der Waals surface area contributed by atoms with Gasteiger partial charge in [0, 0.05) is 23.5 Å². The maximum atomic E-state index is 12.5. The highest BCUT2D eigenvalue weighted by Gasteiger charge is 2.31. The highest BCUT2D eigenvalue weighted by Crippen LogP contribution is 2.27. The molecule has 7 heteroatoms. The van der Waals surface area contributed by atoms with Crippen LogP contribution in [0.15, 0.2) is 30.3 Å². The highest BCUT2D eigenvalue weighted by atomic mass is 32.2. The summed E-state index contributed by atoms with van der Waals surface area (Å²) in [6, 6.07) is 9.24. The summed E-state index contributed by atoms with van der Waals surface area (Å²) >= 11 is 0. The van der Waals surface area contributed by atoms with Crippen LogP contribution >= 0.6 is 0 Å². The average Bonchev–Trinajstić information content (AvgIpc) is 3.12. The number of carbonyl (C=O) groups is 1. The molecular weight excluding hydrogens is 352 g/mol. The zero-order chi connectivity index (χ0) is 18.9. The number of rotatable bonds is 5. The molecule has 140 valence electrons. The molecule has 26 heavy (non-hydrogen) atoms. The number of amides is 1. The number of benzene rings is 1. The van der Waals surface area contributed by atoms with Gasteiger partial charge >= 0.3 is 0 Å². The van der Waals surface area contributed by atoms with E-state index < -0.39 is 15.1 Å². The van der Waals surface area contributed by atoms with E-state index in [-0.39, 0.29) is 18.2 Å². The van der Waals surface area contributed by atoms with E-state index in [2.05, 4.69) is 5.32 Å². The lowest BCUT2D eigenvalue weighted by molar-refractivity contribution is 0.0953. The number of nitrogens with zero attached hydrogens (tertiary/aromatic N) is 1. The summed E-state index contributed by atoms with van der Waals surface area (Å²) < 4.78 is 31.3. The number of ether oxygens (including phenoxy) is 1. The maximum absolute atomic E-state index is 12.5. The van der Waals surface area contributed by atoms with Crippen molar-refractivity contribution in [3.63, 3.8) is 0 Å². The second-order valence-corrected chi connectivity index (χ2v) is 9.08. The van der Waals surface area contributed by atoms with Crippen molar-refractivity contribution < 1.29 is 17.9 Å². The number of hydrogen-bond acceptors (Lipinski definition) is 4. The predicted molar refractivity (Wildman–Crippen MR) is 101 cm³/mol. The lowest BCUT2D eigenvalue weighted by atomic mass is 10.1. The molecule has 1 atom stereocenters. The summed E-state index contributed by atoms with van der Waals surface area (Å²) in [4.78, 5) is 12.5. The molecule has 0 radical (unpaired) electrons. The second kappa shape index (κ2) is 7.15. The van der Waals surface area contributed by atoms with E-state index in [0.717, 1.165) is 17.1 Å². The Labute approximate surface area is 154 Å². The molecule has 1 N–H and O–H groups in total. The summed E-state index contributed by atoms with van der Waals surface area (Å²) in [6.45, 7) is 4.14. The molecule has 0 spiro atoms. The van der Waals surface area contributed by atoms with Crippen LogP contribution in [0, 0.1) is 13.8 Å². The fourth-order valence-corrected chi connectivity index (χ4v) is 5.22. The first-order valence-electron chi connectivity index (χ1n) is 8.66. The minimum Gasteiger partial charge on any atom is -0.495 e. The van der Waals surface area contributed by atoms with E-state index in [0.29, 0.717) is 24.2 Å². The Morgan fingerprint density at radius 2 is 1.92 bits per heavy atom. The second-order valence-electron chi connectivity index (χ2n) is 6.68. The number of carbonyl (C=O) groups excluding carboxylic acids is 1. The Morgan fingerprint density at radius 3 is 2.50 bits per heavy atom.